The van der Waals surface area contributed by atoms with Gasteiger partial charge in [0.1, 0.15) is 0 Å². The zero-order valence-electron chi connectivity index (χ0n) is 7.14. The lowest BCUT2D eigenvalue weighted by molar-refractivity contribution is 0.307. The summed E-state index contributed by atoms with van der Waals surface area (Å²) in [4.78, 5) is 1.88. The van der Waals surface area contributed by atoms with Gasteiger partial charge in [-0.1, -0.05) is 20.8 Å². The molecule has 0 aliphatic carbocycles. The van der Waals surface area contributed by atoms with Crippen LogP contribution in [0.1, 0.15) is 20.8 Å². The topological polar surface area (TPSA) is 29.3 Å². The third-order valence-electron chi connectivity index (χ3n) is 1.09. The Bertz CT molecular complexity index is 126. The summed E-state index contributed by atoms with van der Waals surface area (Å²) in [6.45, 7) is 7.37. The normalized spacial score (nSPS) is 11.2. The molecule has 0 fully saturated rings. The first-order chi connectivity index (χ1) is 4.33. The largest absolute Gasteiger partial charge is 0.376 e. The van der Waals surface area contributed by atoms with E-state index in [0.717, 1.165) is 6.54 Å². The summed E-state index contributed by atoms with van der Waals surface area (Å²) in [5.74, 6) is 0. The maximum atomic E-state index is 5.40. The van der Waals surface area contributed by atoms with E-state index in [1.165, 1.54) is 0 Å². The van der Waals surface area contributed by atoms with Gasteiger partial charge >= 0.3 is 0 Å². The summed E-state index contributed by atoms with van der Waals surface area (Å²) in [6, 6.07) is 0. The Kier molecular flexibility index (Phi) is 3.09. The molecule has 10 heavy (non-hydrogen) atoms. The van der Waals surface area contributed by atoms with Crippen molar-refractivity contribution in [2.75, 3.05) is 13.6 Å². The molecule has 0 unspecified atom stereocenters. The molecular formula is C7H16N2S. The van der Waals surface area contributed by atoms with Crippen LogP contribution in [0.2, 0.25) is 0 Å². The van der Waals surface area contributed by atoms with E-state index in [-0.39, 0.29) is 5.41 Å². The first-order valence-electron chi connectivity index (χ1n) is 3.33. The Morgan fingerprint density at radius 2 is 1.90 bits per heavy atom. The second-order valence-electron chi connectivity index (χ2n) is 3.75. The average Bonchev–Trinajstić information content (AvgIpc) is 1.60. The first-order valence-corrected chi connectivity index (χ1v) is 3.74. The number of hydrogen-bond donors (Lipinski definition) is 1. The van der Waals surface area contributed by atoms with Crippen molar-refractivity contribution < 1.29 is 0 Å². The summed E-state index contributed by atoms with van der Waals surface area (Å²) in [6.07, 6.45) is 0. The molecule has 0 aromatic rings. The molecule has 0 aliphatic heterocycles. The lowest BCUT2D eigenvalue weighted by atomic mass is 9.96. The molecule has 0 spiro atoms. The van der Waals surface area contributed by atoms with Crippen LogP contribution in [0.4, 0.5) is 0 Å². The molecule has 0 amide bonds. The van der Waals surface area contributed by atoms with Gasteiger partial charge in [-0.3, -0.25) is 0 Å². The van der Waals surface area contributed by atoms with E-state index >= 15 is 0 Å². The summed E-state index contributed by atoms with van der Waals surface area (Å²) in [7, 11) is 1.91. The highest BCUT2D eigenvalue weighted by Crippen LogP contribution is 2.13. The van der Waals surface area contributed by atoms with Gasteiger partial charge in [0.2, 0.25) is 0 Å². The molecule has 0 radical (unpaired) electrons. The number of hydrogen-bond acceptors (Lipinski definition) is 1. The summed E-state index contributed by atoms with van der Waals surface area (Å²) < 4.78 is 0. The minimum absolute atomic E-state index is 0.262. The Morgan fingerprint density at radius 3 is 2.00 bits per heavy atom. The van der Waals surface area contributed by atoms with Crippen molar-refractivity contribution in [3.05, 3.63) is 0 Å². The van der Waals surface area contributed by atoms with E-state index in [1.807, 2.05) is 11.9 Å². The van der Waals surface area contributed by atoms with Crippen LogP contribution >= 0.6 is 12.2 Å². The lowest BCUT2D eigenvalue weighted by Crippen LogP contribution is -2.37. The van der Waals surface area contributed by atoms with Gasteiger partial charge in [-0.2, -0.15) is 0 Å². The molecule has 0 saturated carbocycles. The van der Waals surface area contributed by atoms with Gasteiger partial charge in [-0.05, 0) is 17.6 Å². The smallest absolute Gasteiger partial charge is 0.166 e. The summed E-state index contributed by atoms with van der Waals surface area (Å²) in [5.41, 5.74) is 5.66. The average molecular weight is 160 g/mol. The molecule has 60 valence electrons. The molecule has 0 aliphatic rings. The monoisotopic (exact) mass is 160 g/mol. The Hall–Kier alpha value is -0.310. The predicted molar refractivity (Wildman–Crippen MR) is 48.9 cm³/mol. The van der Waals surface area contributed by atoms with E-state index in [0.29, 0.717) is 5.11 Å². The molecule has 0 bridgehead atoms. The maximum Gasteiger partial charge on any atom is 0.166 e. The molecule has 2 nitrogen and oxygen atoms in total. The first kappa shape index (κ1) is 9.69. The van der Waals surface area contributed by atoms with Gasteiger partial charge in [0, 0.05) is 13.6 Å². The fourth-order valence-electron chi connectivity index (χ4n) is 0.789. The fourth-order valence-corrected chi connectivity index (χ4v) is 0.854. The van der Waals surface area contributed by atoms with Gasteiger partial charge in [-0.15, -0.1) is 0 Å². The zero-order valence-corrected chi connectivity index (χ0v) is 7.96. The maximum absolute atomic E-state index is 5.40. The highest BCUT2D eigenvalue weighted by Gasteiger charge is 2.13. The lowest BCUT2D eigenvalue weighted by Gasteiger charge is -2.26. The zero-order chi connectivity index (χ0) is 8.36. The third-order valence-corrected chi connectivity index (χ3v) is 1.40. The fraction of sp³-hybridized carbons (Fsp3) is 0.857. The molecule has 0 aromatic heterocycles. The van der Waals surface area contributed by atoms with Crippen LogP contribution in [0, 0.1) is 5.41 Å². The second-order valence-corrected chi connectivity index (χ2v) is 4.17. The standard InChI is InChI=1S/C7H16N2S/c1-7(2,3)5-9(4)6(8)10/h5H2,1-4H3,(H2,8,10). The number of thiocarbonyl (C=S) groups is 1. The number of rotatable bonds is 1. The Morgan fingerprint density at radius 1 is 1.50 bits per heavy atom. The van der Waals surface area contributed by atoms with Crippen LogP contribution in [0.25, 0.3) is 0 Å². The van der Waals surface area contributed by atoms with Crippen molar-refractivity contribution in [3.63, 3.8) is 0 Å². The number of nitrogens with zero attached hydrogens (tertiary/aromatic N) is 1. The van der Waals surface area contributed by atoms with Crippen molar-refractivity contribution in [1.29, 1.82) is 0 Å². The summed E-state index contributed by atoms with van der Waals surface area (Å²) in [5, 5.41) is 0.468. The minimum Gasteiger partial charge on any atom is -0.376 e. The molecule has 0 rings (SSSR count). The SMILES string of the molecule is CN(CC(C)(C)C)C(N)=S. The van der Waals surface area contributed by atoms with Crippen LogP contribution in [-0.4, -0.2) is 23.6 Å². The second kappa shape index (κ2) is 3.19. The van der Waals surface area contributed by atoms with E-state index in [2.05, 4.69) is 20.8 Å². The molecule has 3 heteroatoms. The summed E-state index contributed by atoms with van der Waals surface area (Å²) >= 11 is 4.79. The third kappa shape index (κ3) is 4.56. The molecular weight excluding hydrogens is 144 g/mol. The van der Waals surface area contributed by atoms with Crippen LogP contribution < -0.4 is 5.73 Å². The highest BCUT2D eigenvalue weighted by atomic mass is 32.1. The van der Waals surface area contributed by atoms with Crippen molar-refractivity contribution >= 4 is 17.3 Å². The van der Waals surface area contributed by atoms with E-state index in [9.17, 15) is 0 Å². The van der Waals surface area contributed by atoms with Gasteiger partial charge in [0.15, 0.2) is 5.11 Å². The van der Waals surface area contributed by atoms with Crippen LogP contribution in [-0.2, 0) is 0 Å². The highest BCUT2D eigenvalue weighted by molar-refractivity contribution is 7.80. The molecule has 0 saturated heterocycles. The van der Waals surface area contributed by atoms with Crippen molar-refractivity contribution in [2.45, 2.75) is 20.8 Å². The van der Waals surface area contributed by atoms with Crippen molar-refractivity contribution in [1.82, 2.24) is 4.90 Å². The predicted octanol–water partition coefficient (Wildman–Crippen LogP) is 1.21. The number of nitrogens with two attached hydrogens (primary N) is 1. The minimum atomic E-state index is 0.262. The quantitative estimate of drug-likeness (QED) is 0.585. The van der Waals surface area contributed by atoms with Crippen LogP contribution in [0.3, 0.4) is 0 Å². The van der Waals surface area contributed by atoms with Gasteiger partial charge < -0.3 is 10.6 Å². The molecule has 0 atom stereocenters. The van der Waals surface area contributed by atoms with E-state index in [4.69, 9.17) is 18.0 Å². The van der Waals surface area contributed by atoms with Crippen LogP contribution in [0.15, 0.2) is 0 Å². The van der Waals surface area contributed by atoms with Crippen molar-refractivity contribution in [3.8, 4) is 0 Å². The molecule has 2 N–H and O–H groups in total. The van der Waals surface area contributed by atoms with Crippen LogP contribution in [0.5, 0.6) is 0 Å². The molecule has 0 heterocycles. The van der Waals surface area contributed by atoms with Gasteiger partial charge in [0.25, 0.3) is 0 Å². The van der Waals surface area contributed by atoms with E-state index in [1.54, 1.807) is 0 Å². The van der Waals surface area contributed by atoms with Crippen molar-refractivity contribution in [2.24, 2.45) is 11.1 Å². The van der Waals surface area contributed by atoms with Gasteiger partial charge in [-0.25, -0.2) is 0 Å². The van der Waals surface area contributed by atoms with E-state index < -0.39 is 0 Å². The Balaban J connectivity index is 3.80. The van der Waals surface area contributed by atoms with Gasteiger partial charge in [0.05, 0.1) is 0 Å². The Labute approximate surface area is 68.4 Å². The molecule has 0 aromatic carbocycles.